The number of ether oxygens (including phenoxy) is 1. The number of esters is 1. The summed E-state index contributed by atoms with van der Waals surface area (Å²) >= 11 is 0. The molecule has 2 aromatic heterocycles. The molecule has 0 saturated carbocycles. The number of carbonyl (C=O) groups excluding carboxylic acids is 1. The third-order valence-electron chi connectivity index (χ3n) is 4.19. The fourth-order valence-electron chi connectivity index (χ4n) is 2.91. The first kappa shape index (κ1) is 15.3. The van der Waals surface area contributed by atoms with E-state index in [1.54, 1.807) is 13.8 Å². The van der Waals surface area contributed by atoms with Gasteiger partial charge in [-0.15, -0.1) is 10.2 Å². The van der Waals surface area contributed by atoms with Crippen LogP contribution in [-0.4, -0.2) is 42.6 Å². The van der Waals surface area contributed by atoms with E-state index in [0.29, 0.717) is 22.1 Å². The van der Waals surface area contributed by atoms with Gasteiger partial charge >= 0.3 is 5.97 Å². The highest BCUT2D eigenvalue weighted by molar-refractivity contribution is 5.85. The molecule has 0 spiro atoms. The topological polar surface area (TPSA) is 87.7 Å². The molecule has 0 atom stereocenters. The van der Waals surface area contributed by atoms with E-state index in [0.717, 1.165) is 0 Å². The van der Waals surface area contributed by atoms with Crippen LogP contribution in [-0.2, 0) is 15.2 Å². The number of aromatic nitrogens is 6. The molecule has 0 fully saturated rings. The molecule has 0 radical (unpaired) electrons. The molecule has 0 unspecified atom stereocenters. The van der Waals surface area contributed by atoms with Crippen LogP contribution >= 0.6 is 0 Å². The summed E-state index contributed by atoms with van der Waals surface area (Å²) < 4.78 is 8.39. The number of hydrogen-bond acceptors (Lipinski definition) is 6. The van der Waals surface area contributed by atoms with Crippen LogP contribution in [0.3, 0.4) is 0 Å². The maximum absolute atomic E-state index is 12.9. The first-order chi connectivity index (χ1) is 12.2. The van der Waals surface area contributed by atoms with Gasteiger partial charge in [-0.2, -0.15) is 0 Å². The highest BCUT2D eigenvalue weighted by atomic mass is 16.5. The molecule has 4 rings (SSSR count). The quantitative estimate of drug-likeness (QED) is 0.529. The minimum atomic E-state index is -1.36. The van der Waals surface area contributed by atoms with Crippen molar-refractivity contribution >= 4 is 28.0 Å². The fourth-order valence-corrected chi connectivity index (χ4v) is 2.91. The summed E-state index contributed by atoms with van der Waals surface area (Å²) in [5.41, 5.74) is 1.42. The molecule has 0 saturated heterocycles. The lowest BCUT2D eigenvalue weighted by molar-refractivity contribution is -0.155. The molecular formula is C17H16N6O2. The van der Waals surface area contributed by atoms with Crippen molar-refractivity contribution in [2.24, 2.45) is 0 Å². The monoisotopic (exact) mass is 336 g/mol. The fraction of sp³-hybridized carbons (Fsp3) is 0.235. The molecule has 25 heavy (non-hydrogen) atoms. The van der Waals surface area contributed by atoms with Gasteiger partial charge in [0.25, 0.3) is 5.66 Å². The van der Waals surface area contributed by atoms with E-state index < -0.39 is 11.6 Å². The highest BCUT2D eigenvalue weighted by Crippen LogP contribution is 2.27. The van der Waals surface area contributed by atoms with Crippen LogP contribution in [0.1, 0.15) is 13.8 Å². The Kier molecular flexibility index (Phi) is 3.45. The second-order valence-electron chi connectivity index (χ2n) is 5.72. The van der Waals surface area contributed by atoms with Crippen LogP contribution in [0.5, 0.6) is 0 Å². The van der Waals surface area contributed by atoms with E-state index in [4.69, 9.17) is 4.74 Å². The molecule has 8 heteroatoms. The normalized spacial score (nSPS) is 11.9. The summed E-state index contributed by atoms with van der Waals surface area (Å²) in [5.74, 6) is -0.485. The Labute approximate surface area is 143 Å². The van der Waals surface area contributed by atoms with E-state index in [2.05, 4.69) is 20.6 Å². The van der Waals surface area contributed by atoms with Crippen LogP contribution in [0.4, 0.5) is 0 Å². The van der Waals surface area contributed by atoms with Gasteiger partial charge in [0.15, 0.2) is 0 Å². The third kappa shape index (κ3) is 2.18. The van der Waals surface area contributed by atoms with Gasteiger partial charge in [-0.3, -0.25) is 0 Å². The Morgan fingerprint density at radius 1 is 0.960 bits per heavy atom. The van der Waals surface area contributed by atoms with Crippen molar-refractivity contribution in [3.05, 3.63) is 48.5 Å². The maximum Gasteiger partial charge on any atom is 0.356 e. The molecule has 0 amide bonds. The van der Waals surface area contributed by atoms with Gasteiger partial charge in [-0.05, 0) is 38.1 Å². The largest absolute Gasteiger partial charge is 0.463 e. The highest BCUT2D eigenvalue weighted by Gasteiger charge is 2.43. The van der Waals surface area contributed by atoms with Gasteiger partial charge in [-0.25, -0.2) is 14.2 Å². The second kappa shape index (κ2) is 5.66. The van der Waals surface area contributed by atoms with E-state index in [1.165, 1.54) is 9.36 Å². The first-order valence-corrected chi connectivity index (χ1v) is 7.95. The SMILES string of the molecule is CCOC(=O)C(C)(n1nnc2ccccc21)n1nnc2ccccc21. The molecule has 126 valence electrons. The summed E-state index contributed by atoms with van der Waals surface area (Å²) in [5, 5.41) is 16.7. The third-order valence-corrected chi connectivity index (χ3v) is 4.19. The zero-order valence-electron chi connectivity index (χ0n) is 13.8. The van der Waals surface area contributed by atoms with Crippen LogP contribution < -0.4 is 0 Å². The Balaban J connectivity index is 2.02. The number of benzene rings is 2. The molecule has 8 nitrogen and oxygen atoms in total. The molecule has 2 heterocycles. The van der Waals surface area contributed by atoms with Crippen molar-refractivity contribution in [3.63, 3.8) is 0 Å². The van der Waals surface area contributed by atoms with Gasteiger partial charge < -0.3 is 4.74 Å². The predicted molar refractivity (Wildman–Crippen MR) is 90.7 cm³/mol. The summed E-state index contributed by atoms with van der Waals surface area (Å²) in [7, 11) is 0. The number of fused-ring (bicyclic) bond motifs is 2. The molecule has 4 aromatic rings. The molecule has 0 aliphatic rings. The summed E-state index contributed by atoms with van der Waals surface area (Å²) in [6, 6.07) is 14.9. The van der Waals surface area contributed by atoms with Crippen LogP contribution in [0.15, 0.2) is 48.5 Å². The number of carbonyl (C=O) groups is 1. The van der Waals surface area contributed by atoms with E-state index in [1.807, 2.05) is 48.5 Å². The molecule has 0 bridgehead atoms. The Morgan fingerprint density at radius 3 is 1.92 bits per heavy atom. The average molecular weight is 336 g/mol. The Hall–Kier alpha value is -3.29. The minimum Gasteiger partial charge on any atom is -0.463 e. The minimum absolute atomic E-state index is 0.244. The number of rotatable bonds is 4. The lowest BCUT2D eigenvalue weighted by Crippen LogP contribution is -2.48. The van der Waals surface area contributed by atoms with Crippen molar-refractivity contribution in [3.8, 4) is 0 Å². The Bertz CT molecular complexity index is 993. The van der Waals surface area contributed by atoms with Crippen molar-refractivity contribution in [1.29, 1.82) is 0 Å². The summed E-state index contributed by atoms with van der Waals surface area (Å²) in [4.78, 5) is 12.9. The number of hydrogen-bond donors (Lipinski definition) is 0. The van der Waals surface area contributed by atoms with Gasteiger partial charge in [0.2, 0.25) is 0 Å². The maximum atomic E-state index is 12.9. The van der Waals surface area contributed by atoms with Crippen molar-refractivity contribution in [1.82, 2.24) is 30.0 Å². The summed E-state index contributed by atoms with van der Waals surface area (Å²) in [6.07, 6.45) is 0. The van der Waals surface area contributed by atoms with Crippen LogP contribution in [0.25, 0.3) is 22.1 Å². The van der Waals surface area contributed by atoms with Crippen LogP contribution in [0.2, 0.25) is 0 Å². The molecule has 0 aliphatic carbocycles. The number of nitrogens with zero attached hydrogens (tertiary/aromatic N) is 6. The average Bonchev–Trinajstić information content (AvgIpc) is 3.26. The molecule has 0 aliphatic heterocycles. The smallest absolute Gasteiger partial charge is 0.356 e. The molecular weight excluding hydrogens is 320 g/mol. The van der Waals surface area contributed by atoms with Crippen molar-refractivity contribution in [2.45, 2.75) is 19.5 Å². The standard InChI is InChI=1S/C17H16N6O2/c1-3-25-16(24)17(2,22-14-10-6-4-8-12(14)18-20-22)23-15-11-7-5-9-13(15)19-21-23/h4-11H,3H2,1-2H3. The Morgan fingerprint density at radius 2 is 1.44 bits per heavy atom. The second-order valence-corrected chi connectivity index (χ2v) is 5.72. The number of para-hydroxylation sites is 2. The lowest BCUT2D eigenvalue weighted by Gasteiger charge is -2.28. The zero-order valence-corrected chi connectivity index (χ0v) is 13.8. The lowest BCUT2D eigenvalue weighted by atomic mass is 10.1. The van der Waals surface area contributed by atoms with Gasteiger partial charge in [-0.1, -0.05) is 34.7 Å². The van der Waals surface area contributed by atoms with Gasteiger partial charge in [0, 0.05) is 0 Å². The molecule has 2 aromatic carbocycles. The van der Waals surface area contributed by atoms with Crippen molar-refractivity contribution in [2.75, 3.05) is 6.61 Å². The van der Waals surface area contributed by atoms with Gasteiger partial charge in [0.1, 0.15) is 11.0 Å². The first-order valence-electron chi connectivity index (χ1n) is 7.95. The van der Waals surface area contributed by atoms with E-state index in [-0.39, 0.29) is 6.61 Å². The van der Waals surface area contributed by atoms with Crippen LogP contribution in [0, 0.1) is 0 Å². The van der Waals surface area contributed by atoms with E-state index >= 15 is 0 Å². The predicted octanol–water partition coefficient (Wildman–Crippen LogP) is 1.96. The van der Waals surface area contributed by atoms with Gasteiger partial charge in [0.05, 0.1) is 17.6 Å². The molecule has 0 N–H and O–H groups in total. The van der Waals surface area contributed by atoms with Crippen molar-refractivity contribution < 1.29 is 9.53 Å². The summed E-state index contributed by atoms with van der Waals surface area (Å²) in [6.45, 7) is 3.71. The zero-order chi connectivity index (χ0) is 17.4. The van der Waals surface area contributed by atoms with E-state index in [9.17, 15) is 4.79 Å².